The summed E-state index contributed by atoms with van der Waals surface area (Å²) in [4.78, 5) is 19.6. The normalized spacial score (nSPS) is 10.6. The van der Waals surface area contributed by atoms with Crippen molar-refractivity contribution in [3.8, 4) is 16.9 Å². The van der Waals surface area contributed by atoms with Gasteiger partial charge >= 0.3 is 0 Å². The lowest BCUT2D eigenvalue weighted by atomic mass is 9.99. The zero-order valence-corrected chi connectivity index (χ0v) is 18.9. The van der Waals surface area contributed by atoms with Gasteiger partial charge in [0.05, 0.1) is 13.5 Å². The van der Waals surface area contributed by atoms with E-state index < -0.39 is 0 Å². The molecule has 0 fully saturated rings. The molecule has 4 nitrogen and oxygen atoms in total. The third-order valence-corrected chi connectivity index (χ3v) is 5.72. The van der Waals surface area contributed by atoms with Crippen molar-refractivity contribution in [2.75, 3.05) is 13.7 Å². The van der Waals surface area contributed by atoms with E-state index in [9.17, 15) is 4.79 Å². The maximum absolute atomic E-state index is 13.4. The molecule has 1 aromatic heterocycles. The number of ether oxygens (including phenoxy) is 1. The molecule has 0 spiro atoms. The fourth-order valence-corrected chi connectivity index (χ4v) is 3.89. The SMILES string of the molecule is COc1ccc(CC(=O)N(CCc2cccnc2)Cc2ccccc2-c2ccccc2)cc1. The molecule has 166 valence electrons. The van der Waals surface area contributed by atoms with Gasteiger partial charge in [-0.2, -0.15) is 0 Å². The van der Waals surface area contributed by atoms with Crippen LogP contribution >= 0.6 is 0 Å². The summed E-state index contributed by atoms with van der Waals surface area (Å²) >= 11 is 0. The number of benzene rings is 3. The van der Waals surface area contributed by atoms with Crippen LogP contribution in [0.2, 0.25) is 0 Å². The van der Waals surface area contributed by atoms with Crippen LogP contribution in [0.25, 0.3) is 11.1 Å². The highest BCUT2D eigenvalue weighted by molar-refractivity contribution is 5.79. The van der Waals surface area contributed by atoms with E-state index in [2.05, 4.69) is 35.3 Å². The van der Waals surface area contributed by atoms with Crippen molar-refractivity contribution in [1.82, 2.24) is 9.88 Å². The highest BCUT2D eigenvalue weighted by atomic mass is 16.5. The number of methoxy groups -OCH3 is 1. The van der Waals surface area contributed by atoms with Crippen molar-refractivity contribution in [2.45, 2.75) is 19.4 Å². The molecular weight excluding hydrogens is 408 g/mol. The van der Waals surface area contributed by atoms with Crippen LogP contribution in [0.4, 0.5) is 0 Å². The maximum Gasteiger partial charge on any atom is 0.227 e. The molecule has 3 aromatic carbocycles. The standard InChI is InChI=1S/C29H28N2O2/c1-33-27-15-13-23(14-16-27)20-29(32)31(19-17-24-8-7-18-30-21-24)22-26-11-5-6-12-28(26)25-9-3-2-4-10-25/h2-16,18,21H,17,19-20,22H2,1H3. The van der Waals surface area contributed by atoms with Crippen molar-refractivity contribution >= 4 is 5.91 Å². The molecule has 0 saturated carbocycles. The smallest absolute Gasteiger partial charge is 0.227 e. The number of nitrogens with zero attached hydrogens (tertiary/aromatic N) is 2. The van der Waals surface area contributed by atoms with Gasteiger partial charge in [-0.3, -0.25) is 9.78 Å². The van der Waals surface area contributed by atoms with Crippen LogP contribution in [0.3, 0.4) is 0 Å². The highest BCUT2D eigenvalue weighted by Gasteiger charge is 2.17. The van der Waals surface area contributed by atoms with Gasteiger partial charge in [-0.05, 0) is 52.4 Å². The van der Waals surface area contributed by atoms with Gasteiger partial charge in [-0.25, -0.2) is 0 Å². The van der Waals surface area contributed by atoms with Gasteiger partial charge < -0.3 is 9.64 Å². The quantitative estimate of drug-likeness (QED) is 0.344. The largest absolute Gasteiger partial charge is 0.497 e. The van der Waals surface area contributed by atoms with E-state index in [1.165, 1.54) is 0 Å². The molecule has 0 bridgehead atoms. The van der Waals surface area contributed by atoms with Crippen molar-refractivity contribution in [2.24, 2.45) is 0 Å². The summed E-state index contributed by atoms with van der Waals surface area (Å²) in [5.41, 5.74) is 5.54. The molecule has 0 radical (unpaired) electrons. The predicted octanol–water partition coefficient (Wildman–Crippen LogP) is 5.57. The Hall–Kier alpha value is -3.92. The number of carbonyl (C=O) groups excluding carboxylic acids is 1. The Bertz CT molecular complexity index is 1160. The van der Waals surface area contributed by atoms with Gasteiger partial charge in [0.2, 0.25) is 5.91 Å². The average molecular weight is 437 g/mol. The average Bonchev–Trinajstić information content (AvgIpc) is 2.88. The molecule has 0 unspecified atom stereocenters. The van der Waals surface area contributed by atoms with Gasteiger partial charge in [0, 0.05) is 25.5 Å². The third-order valence-electron chi connectivity index (χ3n) is 5.72. The van der Waals surface area contributed by atoms with E-state index in [-0.39, 0.29) is 5.91 Å². The van der Waals surface area contributed by atoms with Crippen LogP contribution in [0.1, 0.15) is 16.7 Å². The van der Waals surface area contributed by atoms with E-state index in [0.29, 0.717) is 19.5 Å². The summed E-state index contributed by atoms with van der Waals surface area (Å²) in [6.07, 6.45) is 4.75. The van der Waals surface area contributed by atoms with Gasteiger partial charge in [0.1, 0.15) is 5.75 Å². The molecule has 0 atom stereocenters. The summed E-state index contributed by atoms with van der Waals surface area (Å²) < 4.78 is 5.24. The summed E-state index contributed by atoms with van der Waals surface area (Å²) in [7, 11) is 1.64. The van der Waals surface area contributed by atoms with Crippen LogP contribution in [-0.4, -0.2) is 29.4 Å². The van der Waals surface area contributed by atoms with Crippen LogP contribution in [-0.2, 0) is 24.2 Å². The second-order valence-electron chi connectivity index (χ2n) is 7.97. The van der Waals surface area contributed by atoms with E-state index in [1.807, 2.05) is 71.8 Å². The molecule has 33 heavy (non-hydrogen) atoms. The van der Waals surface area contributed by atoms with E-state index in [1.54, 1.807) is 13.3 Å². The van der Waals surface area contributed by atoms with Gasteiger partial charge in [-0.15, -0.1) is 0 Å². The third kappa shape index (κ3) is 6.07. The van der Waals surface area contributed by atoms with Gasteiger partial charge in [0.15, 0.2) is 0 Å². The van der Waals surface area contributed by atoms with E-state index in [4.69, 9.17) is 4.74 Å². The van der Waals surface area contributed by atoms with Crippen LogP contribution in [0, 0.1) is 0 Å². The maximum atomic E-state index is 13.4. The zero-order valence-electron chi connectivity index (χ0n) is 18.9. The number of carbonyl (C=O) groups is 1. The first-order valence-electron chi connectivity index (χ1n) is 11.2. The van der Waals surface area contributed by atoms with E-state index >= 15 is 0 Å². The summed E-state index contributed by atoms with van der Waals surface area (Å²) in [5.74, 6) is 0.892. The molecule has 0 N–H and O–H groups in total. The first-order chi connectivity index (χ1) is 16.2. The topological polar surface area (TPSA) is 42.4 Å². The second kappa shape index (κ2) is 11.1. The van der Waals surface area contributed by atoms with Crippen molar-refractivity contribution < 1.29 is 9.53 Å². The molecule has 4 aromatic rings. The molecule has 1 heterocycles. The van der Waals surface area contributed by atoms with Gasteiger partial charge in [0.25, 0.3) is 0 Å². The first-order valence-corrected chi connectivity index (χ1v) is 11.2. The minimum atomic E-state index is 0.104. The first kappa shape index (κ1) is 22.3. The summed E-state index contributed by atoms with van der Waals surface area (Å²) in [5, 5.41) is 0. The lowest BCUT2D eigenvalue weighted by molar-refractivity contribution is -0.131. The number of rotatable bonds is 9. The minimum absolute atomic E-state index is 0.104. The lowest BCUT2D eigenvalue weighted by Gasteiger charge is -2.24. The molecule has 0 saturated heterocycles. The van der Waals surface area contributed by atoms with Gasteiger partial charge in [-0.1, -0.05) is 72.8 Å². The number of amides is 1. The Morgan fingerprint density at radius 3 is 2.33 bits per heavy atom. The number of hydrogen-bond donors (Lipinski definition) is 0. The number of aromatic nitrogens is 1. The van der Waals surface area contributed by atoms with Crippen molar-refractivity contribution in [3.05, 3.63) is 120 Å². The Balaban J connectivity index is 1.56. The molecule has 4 heteroatoms. The number of hydrogen-bond acceptors (Lipinski definition) is 3. The van der Waals surface area contributed by atoms with Crippen LogP contribution in [0.15, 0.2) is 103 Å². The fourth-order valence-electron chi connectivity index (χ4n) is 3.89. The van der Waals surface area contributed by atoms with Crippen LogP contribution in [0.5, 0.6) is 5.75 Å². The van der Waals surface area contributed by atoms with E-state index in [0.717, 1.165) is 40.0 Å². The zero-order chi connectivity index (χ0) is 22.9. The summed E-state index contributed by atoms with van der Waals surface area (Å²) in [6.45, 7) is 1.18. The van der Waals surface area contributed by atoms with Crippen molar-refractivity contribution in [1.29, 1.82) is 0 Å². The van der Waals surface area contributed by atoms with Crippen molar-refractivity contribution in [3.63, 3.8) is 0 Å². The molecule has 0 aliphatic carbocycles. The van der Waals surface area contributed by atoms with Crippen LogP contribution < -0.4 is 4.74 Å². The Kier molecular flexibility index (Phi) is 7.49. The lowest BCUT2D eigenvalue weighted by Crippen LogP contribution is -2.34. The summed E-state index contributed by atoms with van der Waals surface area (Å²) in [6, 6.07) is 30.3. The second-order valence-corrected chi connectivity index (χ2v) is 7.97. The predicted molar refractivity (Wildman–Crippen MR) is 132 cm³/mol. The fraction of sp³-hybridized carbons (Fsp3) is 0.172. The molecule has 1 amide bonds. The molecular formula is C29H28N2O2. The minimum Gasteiger partial charge on any atom is -0.497 e. The molecule has 4 rings (SSSR count). The highest BCUT2D eigenvalue weighted by Crippen LogP contribution is 2.25. The monoisotopic (exact) mass is 436 g/mol. The molecule has 0 aliphatic rings. The Morgan fingerprint density at radius 2 is 1.61 bits per heavy atom. The Morgan fingerprint density at radius 1 is 0.848 bits per heavy atom. The molecule has 0 aliphatic heterocycles. The Labute approximate surface area is 195 Å². The number of pyridine rings is 1.